The number of alkyl halides is 3. The molecule has 0 radical (unpaired) electrons. The molecule has 2 saturated heterocycles. The Labute approximate surface area is 378 Å². The molecule has 10 atom stereocenters. The van der Waals surface area contributed by atoms with Crippen molar-refractivity contribution in [2.75, 3.05) is 20.8 Å². The first kappa shape index (κ1) is 49.3. The second-order valence-corrected chi connectivity index (χ2v) is 16.4. The van der Waals surface area contributed by atoms with E-state index in [2.05, 4.69) is 10.0 Å². The maximum Gasteiger partial charge on any atom is 0.308 e. The average Bonchev–Trinajstić information content (AvgIpc) is 3.26. The van der Waals surface area contributed by atoms with Gasteiger partial charge in [-0.3, -0.25) is 19.8 Å². The molecule has 3 aromatic rings. The molecule has 10 unspecified atom stereocenters. The van der Waals surface area contributed by atoms with E-state index in [-0.39, 0.29) is 26.2 Å². The van der Waals surface area contributed by atoms with Gasteiger partial charge in [0.05, 0.1) is 40.5 Å². The minimum atomic E-state index is -2.37. The lowest BCUT2D eigenvalue weighted by Crippen LogP contribution is -2.66. The van der Waals surface area contributed by atoms with Crippen LogP contribution in [0.3, 0.4) is 0 Å². The number of nitrogens with zero attached hydrogens (tertiary/aromatic N) is 3. The summed E-state index contributed by atoms with van der Waals surface area (Å²) in [4.78, 5) is 41.3. The van der Waals surface area contributed by atoms with E-state index in [9.17, 15) is 19.9 Å². The first-order chi connectivity index (χ1) is 30.2. The molecule has 0 spiro atoms. The maximum absolute atomic E-state index is 13.1. The predicted molar refractivity (Wildman–Crippen MR) is 225 cm³/mol. The quantitative estimate of drug-likeness (QED) is 0.0193. The minimum absolute atomic E-state index is 0.00599. The van der Waals surface area contributed by atoms with Gasteiger partial charge in [0, 0.05) is 18.8 Å². The van der Waals surface area contributed by atoms with E-state index < -0.39 is 95.6 Å². The predicted octanol–water partition coefficient (Wildman–Crippen LogP) is 6.69. The van der Waals surface area contributed by atoms with Gasteiger partial charge in [-0.05, 0) is 34.4 Å². The number of halogens is 3. The highest BCUT2D eigenvalue weighted by Crippen LogP contribution is 2.38. The summed E-state index contributed by atoms with van der Waals surface area (Å²) in [6, 6.07) is 23.7. The van der Waals surface area contributed by atoms with E-state index in [0.29, 0.717) is 11.3 Å². The monoisotopic (exact) mass is 936 g/mol. The molecule has 3 aromatic carbocycles. The van der Waals surface area contributed by atoms with Crippen LogP contribution >= 0.6 is 34.8 Å². The van der Waals surface area contributed by atoms with Crippen LogP contribution in [0.1, 0.15) is 37.0 Å². The molecule has 0 aromatic heterocycles. The van der Waals surface area contributed by atoms with Crippen molar-refractivity contribution in [3.63, 3.8) is 0 Å². The average molecular weight is 938 g/mol. The normalized spacial score (nSPS) is 25.8. The number of hydrogen-bond acceptors (Lipinski definition) is 16. The van der Waals surface area contributed by atoms with E-state index in [0.717, 1.165) is 18.1 Å². The number of methoxy groups -OCH3 is 2. The van der Waals surface area contributed by atoms with Crippen molar-refractivity contribution in [3.8, 4) is 5.75 Å². The van der Waals surface area contributed by atoms with E-state index in [1.165, 1.54) is 14.0 Å². The second kappa shape index (κ2) is 23.8. The largest absolute Gasteiger partial charge is 0.497 e. The van der Waals surface area contributed by atoms with Crippen LogP contribution in [-0.4, -0.2) is 110 Å². The molecule has 2 aliphatic heterocycles. The molecule has 21 heteroatoms. The first-order valence-electron chi connectivity index (χ1n) is 19.5. The second-order valence-electron chi connectivity index (χ2n) is 14.1. The number of hydrogen-bond donors (Lipinski definition) is 1. The van der Waals surface area contributed by atoms with Crippen molar-refractivity contribution in [2.45, 2.75) is 105 Å². The molecule has 0 aliphatic carbocycles. The summed E-state index contributed by atoms with van der Waals surface area (Å²) in [5, 5.41) is 12.2. The number of azide groups is 1. The third kappa shape index (κ3) is 14.4. The highest BCUT2D eigenvalue weighted by molar-refractivity contribution is 6.76. The Balaban J connectivity index is 1.61. The van der Waals surface area contributed by atoms with Crippen LogP contribution in [0.5, 0.6) is 5.75 Å². The summed E-state index contributed by atoms with van der Waals surface area (Å²) in [5.74, 6) is -2.42. The molecule has 2 fully saturated rings. The number of ether oxygens (including phenoxy) is 11. The van der Waals surface area contributed by atoms with Crippen molar-refractivity contribution in [2.24, 2.45) is 5.11 Å². The van der Waals surface area contributed by atoms with Crippen molar-refractivity contribution in [1.82, 2.24) is 0 Å². The maximum atomic E-state index is 13.1. The van der Waals surface area contributed by atoms with E-state index in [1.54, 1.807) is 61.7 Å². The van der Waals surface area contributed by atoms with Crippen molar-refractivity contribution < 1.29 is 66.5 Å². The highest BCUT2D eigenvalue weighted by atomic mass is 35.6. The fourth-order valence-corrected chi connectivity index (χ4v) is 6.89. The Hall–Kier alpha value is -4.72. The third-order valence-electron chi connectivity index (χ3n) is 9.69. The first-order valence-corrected chi connectivity index (χ1v) is 20.6. The molecule has 2 heterocycles. The van der Waals surface area contributed by atoms with Gasteiger partial charge in [-0.1, -0.05) is 113 Å². The zero-order chi connectivity index (χ0) is 45.5. The molecule has 0 saturated carbocycles. The number of carbonyl (C=O) groups excluding carboxylic acids is 3. The summed E-state index contributed by atoms with van der Waals surface area (Å²) in [6.45, 7) is 1.70. The van der Waals surface area contributed by atoms with E-state index >= 15 is 0 Å². The molecule has 340 valence electrons. The molecule has 18 nitrogen and oxygen atoms in total. The lowest BCUT2D eigenvalue weighted by atomic mass is 9.94. The summed E-state index contributed by atoms with van der Waals surface area (Å²) in [5.41, 5.74) is 12.0. The van der Waals surface area contributed by atoms with Crippen molar-refractivity contribution in [3.05, 3.63) is 112 Å². The smallest absolute Gasteiger partial charge is 0.308 e. The molecule has 2 aliphatic rings. The zero-order valence-electron chi connectivity index (χ0n) is 34.6. The molecule has 0 bridgehead atoms. The Bertz CT molecular complexity index is 2010. The number of benzene rings is 3. The van der Waals surface area contributed by atoms with E-state index in [1.807, 2.05) is 30.3 Å². The fraction of sp³-hybridized carbons (Fsp3) is 0.476. The van der Waals surface area contributed by atoms with Gasteiger partial charge in [0.25, 0.3) is 3.79 Å². The van der Waals surface area contributed by atoms with Gasteiger partial charge >= 0.3 is 17.9 Å². The number of rotatable bonds is 19. The fourth-order valence-electron chi connectivity index (χ4n) is 6.75. The molecule has 5 rings (SSSR count). The van der Waals surface area contributed by atoms with Crippen molar-refractivity contribution >= 4 is 58.6 Å². The number of carbonyl (C=O) groups is 3. The van der Waals surface area contributed by atoms with Crippen LogP contribution in [0, 0.1) is 5.41 Å². The Kier molecular flexibility index (Phi) is 18.6. The Morgan fingerprint density at radius 3 is 1.79 bits per heavy atom. The molecule has 63 heavy (non-hydrogen) atoms. The van der Waals surface area contributed by atoms with Crippen LogP contribution in [0.25, 0.3) is 10.4 Å². The van der Waals surface area contributed by atoms with Gasteiger partial charge in [0.1, 0.15) is 55.0 Å². The summed E-state index contributed by atoms with van der Waals surface area (Å²) in [6.07, 6.45) is -12.8. The van der Waals surface area contributed by atoms with Crippen LogP contribution in [0.15, 0.2) is 90.0 Å². The van der Waals surface area contributed by atoms with Crippen LogP contribution in [-0.2, 0) is 81.6 Å². The summed E-state index contributed by atoms with van der Waals surface area (Å²) >= 11 is 17.9. The molecule has 0 amide bonds. The Morgan fingerprint density at radius 2 is 1.27 bits per heavy atom. The topological polar surface area (TPSA) is 225 Å². The number of nitrogens with one attached hydrogen (secondary N) is 1. The van der Waals surface area contributed by atoms with Crippen LogP contribution in [0.2, 0.25) is 0 Å². The van der Waals surface area contributed by atoms with Gasteiger partial charge in [0.15, 0.2) is 12.4 Å². The van der Waals surface area contributed by atoms with Crippen molar-refractivity contribution in [1.29, 1.82) is 5.41 Å². The number of esters is 3. The van der Waals surface area contributed by atoms with Crippen LogP contribution < -0.4 is 4.74 Å². The van der Waals surface area contributed by atoms with Gasteiger partial charge in [-0.25, -0.2) is 0 Å². The standard InChI is InChI=1S/C42H47Cl3N4O14/c1-24(50)55-23-31-35(36(57-20-26-11-7-5-8-12-26)33(48-49-47)39(61-31)63-41(46)42(43,44)45)62-40-38(59-25(2)51)37(58-21-27-13-9-6-10-14-27)34(30(60-40)19-32(52)54-4)56-22-28-15-17-29(53-3)18-16-28/h5-18,30-31,33-40,46H,19-23H2,1-4H3. The lowest BCUT2D eigenvalue weighted by Gasteiger charge is -2.49. The van der Waals surface area contributed by atoms with Gasteiger partial charge in [0.2, 0.25) is 12.2 Å². The van der Waals surface area contributed by atoms with Crippen LogP contribution in [0.4, 0.5) is 0 Å². The highest BCUT2D eigenvalue weighted by Gasteiger charge is 2.56. The van der Waals surface area contributed by atoms with E-state index in [4.69, 9.17) is 92.3 Å². The molecule has 1 N–H and O–H groups in total. The molecular formula is C42H47Cl3N4O14. The van der Waals surface area contributed by atoms with Gasteiger partial charge in [-0.2, -0.15) is 0 Å². The van der Waals surface area contributed by atoms with Gasteiger partial charge < -0.3 is 52.1 Å². The SMILES string of the molecule is COC(=O)CC1OC(OC2C(COC(C)=O)OC(OC(=N)C(Cl)(Cl)Cl)C(N=[N+]=[N-])C2OCc2ccccc2)C(OC(C)=O)C(OCc2ccccc2)C1OCc1ccc(OC)cc1. The summed E-state index contributed by atoms with van der Waals surface area (Å²) < 4.78 is 63.9. The summed E-state index contributed by atoms with van der Waals surface area (Å²) in [7, 11) is 2.75. The minimum Gasteiger partial charge on any atom is -0.497 e. The third-order valence-corrected chi connectivity index (χ3v) is 10.2. The lowest BCUT2D eigenvalue weighted by molar-refractivity contribution is -0.352. The zero-order valence-corrected chi connectivity index (χ0v) is 36.9. The Morgan fingerprint density at radius 1 is 0.714 bits per heavy atom. The molecular weight excluding hydrogens is 891 g/mol. The van der Waals surface area contributed by atoms with Gasteiger partial charge in [-0.15, -0.1) is 0 Å².